The van der Waals surface area contributed by atoms with Crippen LogP contribution in [0, 0.1) is 0 Å². The highest BCUT2D eigenvalue weighted by Gasteiger charge is 2.15. The molecule has 0 aromatic heterocycles. The van der Waals surface area contributed by atoms with Gasteiger partial charge in [0.05, 0.1) is 14.2 Å². The Morgan fingerprint density at radius 2 is 1.72 bits per heavy atom. The summed E-state index contributed by atoms with van der Waals surface area (Å²) in [5, 5.41) is 0. The van der Waals surface area contributed by atoms with Gasteiger partial charge in [0.2, 0.25) is 0 Å². The molecule has 0 saturated heterocycles. The van der Waals surface area contributed by atoms with Crippen LogP contribution >= 0.6 is 0 Å². The zero-order chi connectivity index (χ0) is 13.7. The van der Waals surface area contributed by atoms with Crippen molar-refractivity contribution in [3.63, 3.8) is 0 Å². The molecule has 1 aromatic carbocycles. The van der Waals surface area contributed by atoms with E-state index in [0.29, 0.717) is 5.92 Å². The van der Waals surface area contributed by atoms with Crippen molar-refractivity contribution >= 4 is 0 Å². The van der Waals surface area contributed by atoms with Crippen LogP contribution in [-0.4, -0.2) is 20.3 Å². The maximum Gasteiger partial charge on any atom is 0.122 e. The Bertz CT molecular complexity index is 388. The minimum Gasteiger partial charge on any atom is -0.496 e. The van der Waals surface area contributed by atoms with E-state index in [-0.39, 0.29) is 6.04 Å². The van der Waals surface area contributed by atoms with E-state index in [1.807, 2.05) is 6.92 Å². The lowest BCUT2D eigenvalue weighted by molar-refractivity contribution is 0.391. The molecule has 0 aliphatic carbocycles. The fourth-order valence-electron chi connectivity index (χ4n) is 2.10. The molecule has 0 amide bonds. The lowest BCUT2D eigenvalue weighted by Gasteiger charge is -2.19. The van der Waals surface area contributed by atoms with E-state index in [9.17, 15) is 0 Å². The number of hydrogen-bond donors (Lipinski definition) is 1. The second-order valence-corrected chi connectivity index (χ2v) is 4.90. The van der Waals surface area contributed by atoms with Crippen LogP contribution in [0.3, 0.4) is 0 Å². The molecule has 0 spiro atoms. The highest BCUT2D eigenvalue weighted by Crippen LogP contribution is 2.35. The molecule has 0 saturated carbocycles. The van der Waals surface area contributed by atoms with Crippen LogP contribution in [0.2, 0.25) is 0 Å². The maximum atomic E-state index is 5.87. The van der Waals surface area contributed by atoms with Crippen LogP contribution in [-0.2, 0) is 6.42 Å². The van der Waals surface area contributed by atoms with Crippen molar-refractivity contribution < 1.29 is 9.47 Å². The summed E-state index contributed by atoms with van der Waals surface area (Å²) in [5.41, 5.74) is 8.17. The van der Waals surface area contributed by atoms with Gasteiger partial charge in [0.1, 0.15) is 11.5 Å². The molecule has 0 fully saturated rings. The van der Waals surface area contributed by atoms with Gasteiger partial charge >= 0.3 is 0 Å². The fraction of sp³-hybridized carbons (Fsp3) is 0.600. The van der Waals surface area contributed by atoms with Crippen molar-refractivity contribution in [3.8, 4) is 11.5 Å². The monoisotopic (exact) mass is 251 g/mol. The van der Waals surface area contributed by atoms with E-state index in [4.69, 9.17) is 15.2 Å². The van der Waals surface area contributed by atoms with E-state index in [2.05, 4.69) is 26.0 Å². The van der Waals surface area contributed by atoms with Gasteiger partial charge in [-0.2, -0.15) is 0 Å². The Morgan fingerprint density at radius 3 is 2.17 bits per heavy atom. The van der Waals surface area contributed by atoms with Crippen LogP contribution in [0.25, 0.3) is 0 Å². The molecule has 2 atom stereocenters. The minimum atomic E-state index is 0.109. The van der Waals surface area contributed by atoms with E-state index >= 15 is 0 Å². The highest BCUT2D eigenvalue weighted by molar-refractivity contribution is 5.48. The Hall–Kier alpha value is -1.22. The molecule has 1 aromatic rings. The van der Waals surface area contributed by atoms with Crippen molar-refractivity contribution in [2.45, 2.75) is 45.6 Å². The van der Waals surface area contributed by atoms with E-state index in [0.717, 1.165) is 29.9 Å². The van der Waals surface area contributed by atoms with Gasteiger partial charge in [-0.15, -0.1) is 0 Å². The van der Waals surface area contributed by atoms with Crippen molar-refractivity contribution in [1.29, 1.82) is 0 Å². The number of hydrogen-bond acceptors (Lipinski definition) is 3. The Labute approximate surface area is 110 Å². The highest BCUT2D eigenvalue weighted by atomic mass is 16.5. The summed E-state index contributed by atoms with van der Waals surface area (Å²) < 4.78 is 11.0. The summed E-state index contributed by atoms with van der Waals surface area (Å²) in [5.74, 6) is 2.29. The first-order chi connectivity index (χ1) is 8.53. The van der Waals surface area contributed by atoms with Gasteiger partial charge in [0.25, 0.3) is 0 Å². The predicted octanol–water partition coefficient (Wildman–Crippen LogP) is 3.11. The molecule has 0 aliphatic heterocycles. The molecular formula is C15H25NO2. The van der Waals surface area contributed by atoms with Crippen LogP contribution in [0.4, 0.5) is 0 Å². The first-order valence-corrected chi connectivity index (χ1v) is 6.53. The summed E-state index contributed by atoms with van der Waals surface area (Å²) in [6.45, 7) is 6.36. The molecule has 0 heterocycles. The lowest BCUT2D eigenvalue weighted by Crippen LogP contribution is -2.18. The number of benzene rings is 1. The summed E-state index contributed by atoms with van der Waals surface area (Å²) in [7, 11) is 3.41. The normalized spacial score (nSPS) is 14.1. The van der Waals surface area contributed by atoms with Crippen molar-refractivity contribution in [1.82, 2.24) is 0 Å². The number of ether oxygens (including phenoxy) is 2. The Morgan fingerprint density at radius 1 is 1.11 bits per heavy atom. The Balaban J connectivity index is 3.23. The Kier molecular flexibility index (Phi) is 5.48. The summed E-state index contributed by atoms with van der Waals surface area (Å²) in [4.78, 5) is 0. The third-order valence-electron chi connectivity index (χ3n) is 3.32. The topological polar surface area (TPSA) is 44.5 Å². The molecule has 1 unspecified atom stereocenters. The largest absolute Gasteiger partial charge is 0.496 e. The summed E-state index contributed by atoms with van der Waals surface area (Å²) in [6.07, 6.45) is 1.87. The smallest absolute Gasteiger partial charge is 0.122 e. The first-order valence-electron chi connectivity index (χ1n) is 6.53. The average molecular weight is 251 g/mol. The minimum absolute atomic E-state index is 0.109. The average Bonchev–Trinajstić information content (AvgIpc) is 2.36. The number of rotatable bonds is 6. The standard InChI is InChI=1S/C15H25NO2/c1-6-10(2)13-9-14(17-4)12(7-11(3)16)8-15(13)18-5/h8-11H,6-7,16H2,1-5H3/t10?,11-/m1/s1. The second kappa shape index (κ2) is 6.64. The zero-order valence-corrected chi connectivity index (χ0v) is 12.1. The van der Waals surface area contributed by atoms with Crippen LogP contribution < -0.4 is 15.2 Å². The zero-order valence-electron chi connectivity index (χ0n) is 12.1. The van der Waals surface area contributed by atoms with Crippen LogP contribution in [0.1, 0.15) is 44.2 Å². The van der Waals surface area contributed by atoms with Gasteiger partial charge in [-0.05, 0) is 43.4 Å². The molecule has 0 bridgehead atoms. The number of methoxy groups -OCH3 is 2. The SMILES string of the molecule is CCC(C)c1cc(OC)c(C[C@@H](C)N)cc1OC. The predicted molar refractivity (Wildman–Crippen MR) is 75.6 cm³/mol. The third kappa shape index (κ3) is 3.39. The fourth-order valence-corrected chi connectivity index (χ4v) is 2.10. The van der Waals surface area contributed by atoms with Gasteiger partial charge in [0, 0.05) is 11.6 Å². The van der Waals surface area contributed by atoms with Gasteiger partial charge in [-0.25, -0.2) is 0 Å². The summed E-state index contributed by atoms with van der Waals surface area (Å²) in [6, 6.07) is 4.26. The molecule has 0 radical (unpaired) electrons. The van der Waals surface area contributed by atoms with Gasteiger partial charge in [-0.1, -0.05) is 13.8 Å². The molecule has 2 N–H and O–H groups in total. The number of nitrogens with two attached hydrogens (primary N) is 1. The third-order valence-corrected chi connectivity index (χ3v) is 3.32. The molecule has 0 aliphatic rings. The molecule has 1 rings (SSSR count). The van der Waals surface area contributed by atoms with E-state index < -0.39 is 0 Å². The molecule has 18 heavy (non-hydrogen) atoms. The van der Waals surface area contributed by atoms with Crippen LogP contribution in [0.5, 0.6) is 11.5 Å². The van der Waals surface area contributed by atoms with Crippen molar-refractivity contribution in [2.24, 2.45) is 5.73 Å². The maximum absolute atomic E-state index is 5.87. The van der Waals surface area contributed by atoms with Gasteiger partial charge in [0.15, 0.2) is 0 Å². The molecule has 3 nitrogen and oxygen atoms in total. The lowest BCUT2D eigenvalue weighted by atomic mass is 9.94. The quantitative estimate of drug-likeness (QED) is 0.845. The van der Waals surface area contributed by atoms with Gasteiger partial charge in [-0.3, -0.25) is 0 Å². The van der Waals surface area contributed by atoms with Gasteiger partial charge < -0.3 is 15.2 Å². The first kappa shape index (κ1) is 14.8. The van der Waals surface area contributed by atoms with Crippen molar-refractivity contribution in [3.05, 3.63) is 23.3 Å². The van der Waals surface area contributed by atoms with Crippen molar-refractivity contribution in [2.75, 3.05) is 14.2 Å². The molecule has 3 heteroatoms. The van der Waals surface area contributed by atoms with Crippen LogP contribution in [0.15, 0.2) is 12.1 Å². The molecular weight excluding hydrogens is 226 g/mol. The second-order valence-electron chi connectivity index (χ2n) is 4.90. The molecule has 102 valence electrons. The van der Waals surface area contributed by atoms with E-state index in [1.165, 1.54) is 5.56 Å². The van der Waals surface area contributed by atoms with E-state index in [1.54, 1.807) is 14.2 Å². The summed E-state index contributed by atoms with van der Waals surface area (Å²) >= 11 is 0.